The molecule has 1 aliphatic rings. The molecule has 1 atom stereocenters. The molecular weight excluding hydrogens is 300 g/mol. The number of piperidine rings is 1. The molecule has 0 bridgehead atoms. The van der Waals surface area contributed by atoms with Gasteiger partial charge in [0.15, 0.2) is 11.1 Å². The number of aliphatic carboxylic acids is 1. The van der Waals surface area contributed by atoms with Gasteiger partial charge in [-0.15, -0.1) is 0 Å². The van der Waals surface area contributed by atoms with E-state index in [1.165, 1.54) is 0 Å². The molecule has 1 aromatic heterocycles. The number of aryl methyl sites for hydroxylation is 1. The molecule has 2 heterocycles. The Morgan fingerprint density at radius 2 is 2.05 bits per heavy atom. The highest BCUT2D eigenvalue weighted by Gasteiger charge is 2.42. The molecule has 3 N–H and O–H groups in total. The summed E-state index contributed by atoms with van der Waals surface area (Å²) in [4.78, 5) is 15.0. The molecular formula is C11H18N4O5S. The van der Waals surface area contributed by atoms with Crippen molar-refractivity contribution in [2.75, 3.05) is 13.1 Å². The summed E-state index contributed by atoms with van der Waals surface area (Å²) < 4.78 is 30.3. The van der Waals surface area contributed by atoms with Crippen LogP contribution < -0.4 is 5.73 Å². The van der Waals surface area contributed by atoms with E-state index in [2.05, 4.69) is 10.1 Å². The van der Waals surface area contributed by atoms with E-state index in [4.69, 9.17) is 15.4 Å². The third-order valence-electron chi connectivity index (χ3n) is 3.74. The van der Waals surface area contributed by atoms with Gasteiger partial charge in [0, 0.05) is 20.0 Å². The Morgan fingerprint density at radius 3 is 2.48 bits per heavy atom. The molecule has 9 nitrogen and oxygen atoms in total. The van der Waals surface area contributed by atoms with Crippen LogP contribution in [-0.4, -0.2) is 52.3 Å². The van der Waals surface area contributed by atoms with Gasteiger partial charge < -0.3 is 15.4 Å². The zero-order valence-corrected chi connectivity index (χ0v) is 12.6. The van der Waals surface area contributed by atoms with Crippen LogP contribution in [0.25, 0.3) is 0 Å². The zero-order chi connectivity index (χ0) is 15.8. The van der Waals surface area contributed by atoms with Crippen molar-refractivity contribution < 1.29 is 22.8 Å². The molecule has 1 fully saturated rings. The normalized spacial score (nSPS) is 21.1. The Bertz CT molecular complexity index is 633. The Morgan fingerprint density at radius 1 is 1.48 bits per heavy atom. The summed E-state index contributed by atoms with van der Waals surface area (Å²) in [5.41, 5.74) is 5.36. The maximum Gasteiger partial charge on any atom is 0.323 e. The van der Waals surface area contributed by atoms with Crippen molar-refractivity contribution in [1.29, 1.82) is 0 Å². The summed E-state index contributed by atoms with van der Waals surface area (Å²) >= 11 is 0. The number of aromatic nitrogens is 2. The van der Waals surface area contributed by atoms with Gasteiger partial charge in [0.25, 0.3) is 0 Å². The Kier molecular flexibility index (Phi) is 4.04. The minimum atomic E-state index is -3.87. The second kappa shape index (κ2) is 5.35. The van der Waals surface area contributed by atoms with Gasteiger partial charge in [-0.1, -0.05) is 5.16 Å². The number of hydrogen-bond acceptors (Lipinski definition) is 7. The predicted molar refractivity (Wildman–Crippen MR) is 71.7 cm³/mol. The van der Waals surface area contributed by atoms with E-state index in [1.54, 1.807) is 6.92 Å². The first kappa shape index (κ1) is 15.9. The van der Waals surface area contributed by atoms with E-state index in [-0.39, 0.29) is 13.1 Å². The quantitative estimate of drug-likeness (QED) is 0.752. The van der Waals surface area contributed by atoms with E-state index in [0.717, 1.165) is 11.2 Å². The fraction of sp³-hybridized carbons (Fsp3) is 0.727. The van der Waals surface area contributed by atoms with Crippen molar-refractivity contribution in [3.8, 4) is 0 Å². The number of carbonyl (C=O) groups is 1. The van der Waals surface area contributed by atoms with Crippen LogP contribution in [0.1, 0.15) is 31.5 Å². The lowest BCUT2D eigenvalue weighted by Gasteiger charge is -2.36. The van der Waals surface area contributed by atoms with Crippen molar-refractivity contribution in [1.82, 2.24) is 14.4 Å². The lowest BCUT2D eigenvalue weighted by Crippen LogP contribution is -2.52. The number of nitrogens with two attached hydrogens (primary N) is 1. The van der Waals surface area contributed by atoms with Crippen molar-refractivity contribution in [3.63, 3.8) is 0 Å². The van der Waals surface area contributed by atoms with Crippen molar-refractivity contribution in [2.24, 2.45) is 5.73 Å². The second-order valence-electron chi connectivity index (χ2n) is 5.22. The molecule has 0 amide bonds. The second-order valence-corrected chi connectivity index (χ2v) is 7.47. The van der Waals surface area contributed by atoms with Gasteiger partial charge in [0.1, 0.15) is 0 Å². The number of carboxylic acid groups (broad SMARTS) is 1. The van der Waals surface area contributed by atoms with Gasteiger partial charge in [0.2, 0.25) is 15.9 Å². The van der Waals surface area contributed by atoms with Gasteiger partial charge >= 0.3 is 5.97 Å². The summed E-state index contributed by atoms with van der Waals surface area (Å²) in [6, 6.07) is 0. The average molecular weight is 318 g/mol. The smallest absolute Gasteiger partial charge is 0.323 e. The van der Waals surface area contributed by atoms with E-state index in [9.17, 15) is 13.2 Å². The Labute approximate surface area is 122 Å². The Balaban J connectivity index is 2.12. The Hall–Kier alpha value is -1.52. The van der Waals surface area contributed by atoms with Crippen LogP contribution in [0.4, 0.5) is 0 Å². The van der Waals surface area contributed by atoms with Crippen LogP contribution in [0.3, 0.4) is 0 Å². The molecule has 118 valence electrons. The molecule has 1 unspecified atom stereocenters. The molecule has 10 heteroatoms. The first-order valence-electron chi connectivity index (χ1n) is 6.48. The summed E-state index contributed by atoms with van der Waals surface area (Å²) in [5, 5.41) is 11.2. The molecule has 0 aromatic carbocycles. The summed E-state index contributed by atoms with van der Waals surface area (Å²) in [6.45, 7) is 3.06. The van der Waals surface area contributed by atoms with Crippen LogP contribution >= 0.6 is 0 Å². The highest BCUT2D eigenvalue weighted by Crippen LogP contribution is 2.30. The predicted octanol–water partition coefficient (Wildman–Crippen LogP) is -0.569. The lowest BCUT2D eigenvalue weighted by atomic mass is 9.89. The fourth-order valence-corrected chi connectivity index (χ4v) is 3.61. The minimum absolute atomic E-state index is 0.129. The standard InChI is InChI=1S/C11H18N4O5S/c1-7(9(16)17)21(18,19)15-5-3-11(12,4-6-15)10-13-8(2)20-14-10/h7H,3-6,12H2,1-2H3,(H,16,17). The van der Waals surface area contributed by atoms with Crippen LogP contribution in [0.15, 0.2) is 4.52 Å². The van der Waals surface area contributed by atoms with Crippen molar-refractivity contribution in [3.05, 3.63) is 11.7 Å². The molecule has 0 saturated carbocycles. The fourth-order valence-electron chi connectivity index (χ4n) is 2.22. The van der Waals surface area contributed by atoms with E-state index in [1.807, 2.05) is 0 Å². The third kappa shape index (κ3) is 2.92. The van der Waals surface area contributed by atoms with E-state index >= 15 is 0 Å². The first-order valence-corrected chi connectivity index (χ1v) is 7.98. The molecule has 21 heavy (non-hydrogen) atoms. The minimum Gasteiger partial charge on any atom is -0.480 e. The summed E-state index contributed by atoms with van der Waals surface area (Å²) in [5.74, 6) is -0.624. The maximum absolute atomic E-state index is 12.1. The molecule has 0 spiro atoms. The van der Waals surface area contributed by atoms with Gasteiger partial charge in [0.05, 0.1) is 5.54 Å². The van der Waals surface area contributed by atoms with Gasteiger partial charge in [-0.05, 0) is 19.8 Å². The number of sulfonamides is 1. The van der Waals surface area contributed by atoms with Crippen LogP contribution in [-0.2, 0) is 20.4 Å². The zero-order valence-electron chi connectivity index (χ0n) is 11.8. The van der Waals surface area contributed by atoms with Crippen LogP contribution in [0.2, 0.25) is 0 Å². The number of carboxylic acids is 1. The molecule has 1 saturated heterocycles. The molecule has 0 aliphatic carbocycles. The third-order valence-corrected chi connectivity index (χ3v) is 5.92. The van der Waals surface area contributed by atoms with Gasteiger partial charge in [-0.25, -0.2) is 12.7 Å². The first-order chi connectivity index (χ1) is 9.67. The topological polar surface area (TPSA) is 140 Å². The highest BCUT2D eigenvalue weighted by molar-refractivity contribution is 7.90. The van der Waals surface area contributed by atoms with Gasteiger partial charge in [-0.2, -0.15) is 4.98 Å². The molecule has 1 aromatic rings. The van der Waals surface area contributed by atoms with Crippen molar-refractivity contribution in [2.45, 2.75) is 37.5 Å². The summed E-state index contributed by atoms with van der Waals surface area (Å²) in [7, 11) is -3.87. The van der Waals surface area contributed by atoms with E-state index in [0.29, 0.717) is 24.6 Å². The molecule has 0 radical (unpaired) electrons. The largest absolute Gasteiger partial charge is 0.480 e. The van der Waals surface area contributed by atoms with Crippen molar-refractivity contribution >= 4 is 16.0 Å². The van der Waals surface area contributed by atoms with Crippen LogP contribution in [0.5, 0.6) is 0 Å². The van der Waals surface area contributed by atoms with Gasteiger partial charge in [-0.3, -0.25) is 4.79 Å². The molecule has 1 aliphatic heterocycles. The number of rotatable bonds is 4. The molecule has 2 rings (SSSR count). The number of hydrogen-bond donors (Lipinski definition) is 2. The lowest BCUT2D eigenvalue weighted by molar-refractivity contribution is -0.136. The SMILES string of the molecule is Cc1nc(C2(N)CCN(S(=O)(=O)C(C)C(=O)O)CC2)no1. The highest BCUT2D eigenvalue weighted by atomic mass is 32.2. The summed E-state index contributed by atoms with van der Waals surface area (Å²) in [6.07, 6.45) is 0.606. The van der Waals surface area contributed by atoms with Crippen LogP contribution in [0, 0.1) is 6.92 Å². The monoisotopic (exact) mass is 318 g/mol. The average Bonchev–Trinajstić information content (AvgIpc) is 2.85. The maximum atomic E-state index is 12.1. The van der Waals surface area contributed by atoms with E-state index < -0.39 is 26.8 Å². The number of nitrogens with zero attached hydrogens (tertiary/aromatic N) is 3.